The average molecular weight is 409 g/mol. The number of pyridine rings is 2. The van der Waals surface area contributed by atoms with Gasteiger partial charge in [0, 0.05) is 6.54 Å². The number of fused-ring (bicyclic) bond motifs is 1. The van der Waals surface area contributed by atoms with Crippen LogP contribution in [0, 0.1) is 11.6 Å². The minimum Gasteiger partial charge on any atom is -0.353 e. The molecule has 3 heterocycles. The number of carbonyl (C=O) groups is 2. The molecule has 0 saturated heterocycles. The zero-order valence-electron chi connectivity index (χ0n) is 15.9. The Morgan fingerprint density at radius 3 is 2.60 bits per heavy atom. The molecule has 2 amide bonds. The zero-order valence-corrected chi connectivity index (χ0v) is 15.9. The number of nitrogens with one attached hydrogen (secondary N) is 3. The van der Waals surface area contributed by atoms with Gasteiger partial charge in [-0.2, -0.15) is 0 Å². The summed E-state index contributed by atoms with van der Waals surface area (Å²) in [5.41, 5.74) is 1.55. The molecular weight excluding hydrogens is 392 g/mol. The van der Waals surface area contributed by atoms with Gasteiger partial charge in [0.05, 0.1) is 46.6 Å². The lowest BCUT2D eigenvalue weighted by Gasteiger charge is -2.13. The number of benzene rings is 1. The van der Waals surface area contributed by atoms with Crippen LogP contribution < -0.4 is 16.0 Å². The third-order valence-electron chi connectivity index (χ3n) is 4.57. The molecule has 3 aromatic rings. The van der Waals surface area contributed by atoms with Crippen LogP contribution in [-0.4, -0.2) is 28.3 Å². The quantitative estimate of drug-likeness (QED) is 0.602. The Hall–Kier alpha value is -3.88. The van der Waals surface area contributed by atoms with Gasteiger partial charge in [-0.15, -0.1) is 0 Å². The SMILES string of the molecule is CCNC(=O)c1ccc(Nc2cc(-c3c(F)cccc3F)nc3c2C(=O)NC3)cn1. The number of anilines is 2. The maximum Gasteiger partial charge on any atom is 0.269 e. The van der Waals surface area contributed by atoms with E-state index in [0.29, 0.717) is 29.2 Å². The van der Waals surface area contributed by atoms with E-state index in [9.17, 15) is 18.4 Å². The van der Waals surface area contributed by atoms with Crippen molar-refractivity contribution < 1.29 is 18.4 Å². The maximum absolute atomic E-state index is 14.3. The van der Waals surface area contributed by atoms with E-state index in [1.807, 2.05) is 0 Å². The average Bonchev–Trinajstić information content (AvgIpc) is 3.10. The van der Waals surface area contributed by atoms with Crippen molar-refractivity contribution in [2.75, 3.05) is 11.9 Å². The lowest BCUT2D eigenvalue weighted by molar-refractivity contribution is 0.0947. The zero-order chi connectivity index (χ0) is 21.3. The predicted molar refractivity (Wildman–Crippen MR) is 106 cm³/mol. The van der Waals surface area contributed by atoms with Gasteiger partial charge >= 0.3 is 0 Å². The fraction of sp³-hybridized carbons (Fsp3) is 0.143. The monoisotopic (exact) mass is 409 g/mol. The molecule has 7 nitrogen and oxygen atoms in total. The molecule has 0 radical (unpaired) electrons. The number of amides is 2. The molecule has 1 aromatic carbocycles. The summed E-state index contributed by atoms with van der Waals surface area (Å²) >= 11 is 0. The minimum atomic E-state index is -0.751. The molecule has 3 N–H and O–H groups in total. The van der Waals surface area contributed by atoms with Crippen LogP contribution in [0.2, 0.25) is 0 Å². The summed E-state index contributed by atoms with van der Waals surface area (Å²) < 4.78 is 28.6. The molecule has 4 rings (SSSR count). The molecule has 0 atom stereocenters. The van der Waals surface area contributed by atoms with E-state index in [4.69, 9.17) is 0 Å². The van der Waals surface area contributed by atoms with Gasteiger partial charge < -0.3 is 16.0 Å². The van der Waals surface area contributed by atoms with Crippen LogP contribution in [0.25, 0.3) is 11.3 Å². The fourth-order valence-electron chi connectivity index (χ4n) is 3.21. The number of hydrogen-bond acceptors (Lipinski definition) is 5. The number of aromatic nitrogens is 2. The van der Waals surface area contributed by atoms with Gasteiger partial charge in [0.25, 0.3) is 11.8 Å². The Bertz CT molecular complexity index is 1130. The Balaban J connectivity index is 1.73. The van der Waals surface area contributed by atoms with Crippen molar-refractivity contribution in [3.8, 4) is 11.3 Å². The van der Waals surface area contributed by atoms with Crippen molar-refractivity contribution in [3.63, 3.8) is 0 Å². The summed E-state index contributed by atoms with van der Waals surface area (Å²) in [6, 6.07) is 8.14. The first-order valence-electron chi connectivity index (χ1n) is 9.25. The minimum absolute atomic E-state index is 0.0650. The first-order valence-corrected chi connectivity index (χ1v) is 9.25. The summed E-state index contributed by atoms with van der Waals surface area (Å²) in [6.07, 6.45) is 1.44. The molecule has 0 bridgehead atoms. The van der Waals surface area contributed by atoms with Crippen LogP contribution in [0.1, 0.15) is 33.5 Å². The highest BCUT2D eigenvalue weighted by Crippen LogP contribution is 2.33. The van der Waals surface area contributed by atoms with Crippen LogP contribution in [-0.2, 0) is 6.54 Å². The highest BCUT2D eigenvalue weighted by atomic mass is 19.1. The second-order valence-electron chi connectivity index (χ2n) is 6.57. The van der Waals surface area contributed by atoms with Crippen molar-refractivity contribution in [3.05, 3.63) is 71.2 Å². The molecule has 0 spiro atoms. The van der Waals surface area contributed by atoms with Crippen molar-refractivity contribution in [2.45, 2.75) is 13.5 Å². The van der Waals surface area contributed by atoms with Crippen LogP contribution >= 0.6 is 0 Å². The van der Waals surface area contributed by atoms with Crippen LogP contribution in [0.5, 0.6) is 0 Å². The number of halogens is 2. The standard InChI is InChI=1S/C21H17F2N5O2/c1-2-24-20(29)14-7-6-11(9-25-14)27-16-8-15(18-12(22)4-3-5-13(18)23)28-17-10-26-21(30)19(16)17/h3-9H,2,10H2,1H3,(H,24,29)(H,26,30)(H,27,28). The molecule has 30 heavy (non-hydrogen) atoms. The van der Waals surface area contributed by atoms with Gasteiger partial charge in [-0.1, -0.05) is 6.07 Å². The van der Waals surface area contributed by atoms with Gasteiger partial charge in [-0.3, -0.25) is 9.59 Å². The third-order valence-corrected chi connectivity index (χ3v) is 4.57. The smallest absolute Gasteiger partial charge is 0.269 e. The van der Waals surface area contributed by atoms with Gasteiger partial charge in [0.15, 0.2) is 0 Å². The van der Waals surface area contributed by atoms with E-state index in [1.165, 1.54) is 24.4 Å². The molecular formula is C21H17F2N5O2. The first-order chi connectivity index (χ1) is 14.5. The van der Waals surface area contributed by atoms with E-state index >= 15 is 0 Å². The van der Waals surface area contributed by atoms with Gasteiger partial charge in [-0.05, 0) is 37.3 Å². The predicted octanol–water partition coefficient (Wildman–Crippen LogP) is 3.16. The van der Waals surface area contributed by atoms with Gasteiger partial charge in [-0.25, -0.2) is 18.7 Å². The Morgan fingerprint density at radius 2 is 1.93 bits per heavy atom. The van der Waals surface area contributed by atoms with E-state index in [-0.39, 0.29) is 35.3 Å². The highest BCUT2D eigenvalue weighted by molar-refractivity contribution is 6.04. The second-order valence-corrected chi connectivity index (χ2v) is 6.57. The topological polar surface area (TPSA) is 96.0 Å². The molecule has 0 fully saturated rings. The molecule has 2 aromatic heterocycles. The van der Waals surface area contributed by atoms with Crippen LogP contribution in [0.4, 0.5) is 20.2 Å². The van der Waals surface area contributed by atoms with Gasteiger partial charge in [0.2, 0.25) is 0 Å². The summed E-state index contributed by atoms with van der Waals surface area (Å²) in [7, 11) is 0. The third kappa shape index (κ3) is 3.57. The van der Waals surface area contributed by atoms with Gasteiger partial charge in [0.1, 0.15) is 17.3 Å². The second kappa shape index (κ2) is 7.86. The van der Waals surface area contributed by atoms with Crippen LogP contribution in [0.15, 0.2) is 42.6 Å². The summed E-state index contributed by atoms with van der Waals surface area (Å²) in [5, 5.41) is 8.35. The summed E-state index contributed by atoms with van der Waals surface area (Å²) in [4.78, 5) is 32.5. The van der Waals surface area contributed by atoms with E-state index in [0.717, 1.165) is 12.1 Å². The largest absolute Gasteiger partial charge is 0.353 e. The highest BCUT2D eigenvalue weighted by Gasteiger charge is 2.27. The molecule has 1 aliphatic rings. The van der Waals surface area contributed by atoms with E-state index < -0.39 is 11.6 Å². The van der Waals surface area contributed by atoms with Crippen molar-refractivity contribution in [1.82, 2.24) is 20.6 Å². The van der Waals surface area contributed by atoms with Crippen LogP contribution in [0.3, 0.4) is 0 Å². The lowest BCUT2D eigenvalue weighted by atomic mass is 10.1. The fourth-order valence-corrected chi connectivity index (χ4v) is 3.21. The number of carbonyl (C=O) groups excluding carboxylic acids is 2. The first kappa shape index (κ1) is 19.4. The number of rotatable bonds is 5. The van der Waals surface area contributed by atoms with E-state index in [1.54, 1.807) is 13.0 Å². The molecule has 0 saturated carbocycles. The van der Waals surface area contributed by atoms with E-state index in [2.05, 4.69) is 25.9 Å². The normalized spacial score (nSPS) is 12.3. The van der Waals surface area contributed by atoms with Crippen molar-refractivity contribution >= 4 is 23.2 Å². The molecule has 0 unspecified atom stereocenters. The number of nitrogens with zero attached hydrogens (tertiary/aromatic N) is 2. The molecule has 0 aliphatic carbocycles. The Labute approximate surface area is 170 Å². The molecule has 152 valence electrons. The Kier molecular flexibility index (Phi) is 5.09. The number of hydrogen-bond donors (Lipinski definition) is 3. The lowest BCUT2D eigenvalue weighted by Crippen LogP contribution is -2.23. The summed E-state index contributed by atoms with van der Waals surface area (Å²) in [5.74, 6) is -2.14. The maximum atomic E-state index is 14.3. The van der Waals surface area contributed by atoms with Crippen molar-refractivity contribution in [1.29, 1.82) is 0 Å². The Morgan fingerprint density at radius 1 is 1.17 bits per heavy atom. The van der Waals surface area contributed by atoms with Crippen molar-refractivity contribution in [2.24, 2.45) is 0 Å². The summed E-state index contributed by atoms with van der Waals surface area (Å²) in [6.45, 7) is 2.44. The molecule has 9 heteroatoms. The molecule has 1 aliphatic heterocycles.